The van der Waals surface area contributed by atoms with Crippen molar-refractivity contribution in [2.75, 3.05) is 6.54 Å². The van der Waals surface area contributed by atoms with Crippen LogP contribution < -0.4 is 11.2 Å². The molecule has 0 heterocycles. The molecule has 0 aliphatic heterocycles. The van der Waals surface area contributed by atoms with Crippen molar-refractivity contribution in [3.63, 3.8) is 0 Å². The van der Waals surface area contributed by atoms with Gasteiger partial charge < -0.3 is 5.73 Å². The van der Waals surface area contributed by atoms with Gasteiger partial charge in [0.05, 0.1) is 5.41 Å². The van der Waals surface area contributed by atoms with Crippen LogP contribution in [0.25, 0.3) is 0 Å². The lowest BCUT2D eigenvalue weighted by Gasteiger charge is -2.35. The van der Waals surface area contributed by atoms with Gasteiger partial charge in [-0.25, -0.2) is 4.99 Å². The van der Waals surface area contributed by atoms with E-state index in [0.29, 0.717) is 11.6 Å². The van der Waals surface area contributed by atoms with E-state index in [2.05, 4.69) is 17.0 Å². The van der Waals surface area contributed by atoms with E-state index < -0.39 is 5.41 Å². The molecule has 0 spiro atoms. The van der Waals surface area contributed by atoms with Gasteiger partial charge >= 0.3 is 0 Å². The molecule has 1 aliphatic carbocycles. The molecule has 30 heavy (non-hydrogen) atoms. The van der Waals surface area contributed by atoms with Gasteiger partial charge in [0.1, 0.15) is 25.4 Å². The first kappa shape index (κ1) is 23.6. The van der Waals surface area contributed by atoms with Gasteiger partial charge in [-0.15, -0.1) is 0 Å². The minimum Gasteiger partial charge on any atom is -0.405 e. The Balaban J connectivity index is 2.44. The van der Waals surface area contributed by atoms with E-state index in [1.165, 1.54) is 6.20 Å². The van der Waals surface area contributed by atoms with Gasteiger partial charge in [-0.1, -0.05) is 57.0 Å². The Morgan fingerprint density at radius 2 is 2.03 bits per heavy atom. The fourth-order valence-corrected chi connectivity index (χ4v) is 3.81. The Morgan fingerprint density at radius 3 is 2.53 bits per heavy atom. The summed E-state index contributed by atoms with van der Waals surface area (Å²) in [6.07, 6.45) is 4.56. The van der Waals surface area contributed by atoms with E-state index in [1.54, 1.807) is 17.1 Å². The summed E-state index contributed by atoms with van der Waals surface area (Å²) in [5, 5.41) is 11.3. The van der Waals surface area contributed by atoms with Crippen LogP contribution >= 0.6 is 11.6 Å². The molecule has 2 rings (SSSR count). The molecule has 0 aromatic heterocycles. The van der Waals surface area contributed by atoms with Crippen LogP contribution in [0.4, 0.5) is 0 Å². The number of aliphatic imine (C=N–C) groups is 1. The summed E-state index contributed by atoms with van der Waals surface area (Å²) in [6.45, 7) is 8.02. The Bertz CT molecular complexity index is 880. The Labute approximate surface area is 184 Å². The number of halogens is 1. The Kier molecular flexibility index (Phi) is 8.13. The fraction of sp³-hybridized carbons (Fsp3) is 0.409. The van der Waals surface area contributed by atoms with Gasteiger partial charge in [-0.05, 0) is 48.1 Å². The van der Waals surface area contributed by atoms with Crippen LogP contribution in [0.3, 0.4) is 0 Å². The normalized spacial score (nSPS) is 16.2. The highest BCUT2D eigenvalue weighted by Crippen LogP contribution is 2.41. The number of carbonyl (C=O) groups excluding carboxylic acids is 1. The van der Waals surface area contributed by atoms with E-state index in [0.717, 1.165) is 31.2 Å². The van der Waals surface area contributed by atoms with Crippen molar-refractivity contribution in [2.45, 2.75) is 44.9 Å². The number of nitrogens with two attached hydrogens (primary N) is 1. The number of amides is 1. The molecule has 1 fully saturated rings. The summed E-state index contributed by atoms with van der Waals surface area (Å²) in [6, 6.07) is 9.28. The van der Waals surface area contributed by atoms with Gasteiger partial charge in [-0.2, -0.15) is 5.26 Å². The van der Waals surface area contributed by atoms with Crippen molar-refractivity contribution in [1.29, 1.82) is 5.26 Å². The van der Waals surface area contributed by atoms with Crippen molar-refractivity contribution >= 4 is 31.2 Å². The van der Waals surface area contributed by atoms with Gasteiger partial charge in [0, 0.05) is 11.6 Å². The molecule has 0 atom stereocenters. The molecule has 0 saturated heterocycles. The second kappa shape index (κ2) is 10.4. The third kappa shape index (κ3) is 5.45. The number of carbonyl (C=O) groups is 1. The maximum atomic E-state index is 13.6. The maximum Gasteiger partial charge on any atom is 0.249 e. The van der Waals surface area contributed by atoms with Gasteiger partial charge in [-0.3, -0.25) is 15.2 Å². The molecule has 2 radical (unpaired) electrons. The summed E-state index contributed by atoms with van der Waals surface area (Å²) >= 11 is 6.05. The molecule has 1 aromatic carbocycles. The summed E-state index contributed by atoms with van der Waals surface area (Å²) in [5.74, 6) is 0.213. The number of benzene rings is 1. The molecule has 1 amide bonds. The van der Waals surface area contributed by atoms with Crippen molar-refractivity contribution < 1.29 is 4.79 Å². The molecule has 3 N–H and O–H groups in total. The van der Waals surface area contributed by atoms with E-state index in [1.807, 2.05) is 32.0 Å². The average molecular weight is 424 g/mol. The zero-order valence-electron chi connectivity index (χ0n) is 17.5. The van der Waals surface area contributed by atoms with Crippen LogP contribution in [0.1, 0.15) is 45.1 Å². The predicted octanol–water partition coefficient (Wildman–Crippen LogP) is 3.55. The lowest BCUT2D eigenvalue weighted by atomic mass is 9.78. The average Bonchev–Trinajstić information content (AvgIpc) is 3.22. The molecule has 8 heteroatoms. The number of hydrazine groups is 1. The van der Waals surface area contributed by atoms with Crippen molar-refractivity contribution in [3.8, 4) is 6.07 Å². The first-order valence-corrected chi connectivity index (χ1v) is 10.3. The van der Waals surface area contributed by atoms with Gasteiger partial charge in [0.2, 0.25) is 5.91 Å². The highest BCUT2D eigenvalue weighted by molar-refractivity contribution is 6.37. The lowest BCUT2D eigenvalue weighted by molar-refractivity contribution is -0.130. The maximum absolute atomic E-state index is 13.6. The van der Waals surface area contributed by atoms with Crippen LogP contribution in [0.5, 0.6) is 0 Å². The Morgan fingerprint density at radius 1 is 1.43 bits per heavy atom. The standard InChI is InChI=1S/C22H27BClN5O/c1-15(2)14-29(20(19(23)13-26)27-16(3)12-25)28-21(30)22(10-4-5-11-22)17-6-8-18(24)9-7-17/h6-9,13,15H,3-5,10-11,14,26H2,1-2H3,(H,28,30)/b19-13+,27-20?. The monoisotopic (exact) mass is 423 g/mol. The molecule has 6 nitrogen and oxygen atoms in total. The molecular formula is C22H27BClN5O. The van der Waals surface area contributed by atoms with Crippen molar-refractivity contribution in [3.05, 3.63) is 58.8 Å². The third-order valence-electron chi connectivity index (χ3n) is 5.14. The quantitative estimate of drug-likeness (QED) is 0.240. The molecule has 1 aromatic rings. The molecule has 156 valence electrons. The number of nitriles is 1. The number of hydrogen-bond donors (Lipinski definition) is 2. The van der Waals surface area contributed by atoms with Gasteiger partial charge in [0.15, 0.2) is 0 Å². The summed E-state index contributed by atoms with van der Waals surface area (Å²) in [7, 11) is 6.03. The van der Waals surface area contributed by atoms with E-state index in [4.69, 9.17) is 30.4 Å². The summed E-state index contributed by atoms with van der Waals surface area (Å²) in [5.41, 5.74) is 8.96. The molecule has 1 aliphatic rings. The minimum atomic E-state index is -0.668. The number of nitrogens with one attached hydrogen (secondary N) is 1. The summed E-state index contributed by atoms with van der Waals surface area (Å²) < 4.78 is 0. The molecular weight excluding hydrogens is 397 g/mol. The van der Waals surface area contributed by atoms with Gasteiger partial charge in [0.25, 0.3) is 0 Å². The summed E-state index contributed by atoms with van der Waals surface area (Å²) in [4.78, 5) is 17.8. The number of nitrogens with zero attached hydrogens (tertiary/aromatic N) is 3. The van der Waals surface area contributed by atoms with Crippen LogP contribution in [-0.2, 0) is 10.2 Å². The molecule has 0 bridgehead atoms. The largest absolute Gasteiger partial charge is 0.405 e. The third-order valence-corrected chi connectivity index (χ3v) is 5.39. The van der Waals surface area contributed by atoms with E-state index in [-0.39, 0.29) is 28.8 Å². The second-order valence-corrected chi connectivity index (χ2v) is 8.29. The lowest BCUT2D eigenvalue weighted by Crippen LogP contribution is -2.54. The number of rotatable bonds is 6. The highest BCUT2D eigenvalue weighted by atomic mass is 35.5. The van der Waals surface area contributed by atoms with Crippen LogP contribution in [-0.4, -0.2) is 31.1 Å². The SMILES string of the molecule is [B]/C(=C/N)C(=NC(=C)C#N)N(CC(C)C)NC(=O)C1(c2ccc(Cl)cc2)CCCC1. The zero-order valence-corrected chi connectivity index (χ0v) is 18.2. The van der Waals surface area contributed by atoms with E-state index >= 15 is 0 Å². The molecule has 0 unspecified atom stereocenters. The smallest absolute Gasteiger partial charge is 0.249 e. The number of hydrogen-bond acceptors (Lipinski definition) is 4. The topological polar surface area (TPSA) is 94.5 Å². The van der Waals surface area contributed by atoms with Crippen molar-refractivity contribution in [1.82, 2.24) is 10.4 Å². The minimum absolute atomic E-state index is 0.0360. The predicted molar refractivity (Wildman–Crippen MR) is 121 cm³/mol. The first-order chi connectivity index (χ1) is 14.2. The second-order valence-electron chi connectivity index (χ2n) is 7.86. The number of allylic oxidation sites excluding steroid dienone is 1. The highest BCUT2D eigenvalue weighted by Gasteiger charge is 2.43. The van der Waals surface area contributed by atoms with E-state index in [9.17, 15) is 4.79 Å². The molecule has 1 saturated carbocycles. The van der Waals surface area contributed by atoms with Crippen molar-refractivity contribution in [2.24, 2.45) is 16.6 Å². The fourth-order valence-electron chi connectivity index (χ4n) is 3.68. The van der Waals surface area contributed by atoms with Crippen LogP contribution in [0.15, 0.2) is 53.2 Å². The Hall–Kier alpha value is -2.72. The number of amidine groups is 1. The first-order valence-electron chi connectivity index (χ1n) is 9.93. The van der Waals surface area contributed by atoms with Crippen LogP contribution in [0.2, 0.25) is 5.02 Å². The zero-order chi connectivity index (χ0) is 22.3. The van der Waals surface area contributed by atoms with Crippen LogP contribution in [0, 0.1) is 17.2 Å².